The molecule has 0 unspecified atom stereocenters. The van der Waals surface area contributed by atoms with E-state index in [2.05, 4.69) is 15.9 Å². The Bertz CT molecular complexity index is 1250. The van der Waals surface area contributed by atoms with E-state index in [0.29, 0.717) is 4.90 Å². The zero-order valence-electron chi connectivity index (χ0n) is 18.5. The number of carboxylic acid groups (broad SMARTS) is 1. The first kappa shape index (κ1) is 25.0. The van der Waals surface area contributed by atoms with Crippen molar-refractivity contribution >= 4 is 49.6 Å². The van der Waals surface area contributed by atoms with Crippen LogP contribution in [0.3, 0.4) is 0 Å². The summed E-state index contributed by atoms with van der Waals surface area (Å²) in [5.74, 6) is -3.14. The minimum Gasteiger partial charge on any atom is -0.480 e. The van der Waals surface area contributed by atoms with E-state index in [1.54, 1.807) is 24.3 Å². The Labute approximate surface area is 210 Å². The maximum Gasteiger partial charge on any atom is 0.326 e. The Kier molecular flexibility index (Phi) is 7.06. The lowest BCUT2D eigenvalue weighted by atomic mass is 10.1. The maximum atomic E-state index is 12.8. The second-order valence-corrected chi connectivity index (χ2v) is 11.0. The van der Waals surface area contributed by atoms with E-state index in [1.807, 2.05) is 0 Å². The van der Waals surface area contributed by atoms with Crippen molar-refractivity contribution in [1.82, 2.24) is 14.1 Å². The molecule has 2 aromatic rings. The first-order valence-electron chi connectivity index (χ1n) is 10.8. The van der Waals surface area contributed by atoms with Crippen molar-refractivity contribution in [3.05, 3.63) is 64.1 Å². The van der Waals surface area contributed by atoms with Crippen molar-refractivity contribution in [2.75, 3.05) is 26.2 Å². The summed E-state index contributed by atoms with van der Waals surface area (Å²) in [5.41, 5.74) is 0.274. The van der Waals surface area contributed by atoms with E-state index in [4.69, 9.17) is 0 Å². The molecule has 2 aliphatic heterocycles. The lowest BCUT2D eigenvalue weighted by Crippen LogP contribution is -2.51. The first-order chi connectivity index (χ1) is 16.6. The molecule has 0 bridgehead atoms. The number of amides is 3. The van der Waals surface area contributed by atoms with Crippen molar-refractivity contribution in [2.45, 2.75) is 23.8 Å². The quantitative estimate of drug-likeness (QED) is 0.508. The zero-order valence-corrected chi connectivity index (χ0v) is 20.9. The summed E-state index contributed by atoms with van der Waals surface area (Å²) in [6, 6.07) is 10.9. The predicted octanol–water partition coefficient (Wildman–Crippen LogP) is 1.81. The monoisotopic (exact) mass is 563 g/mol. The molecule has 2 heterocycles. The molecule has 0 spiro atoms. The number of sulfonamides is 1. The molecular weight excluding hydrogens is 542 g/mol. The second-order valence-electron chi connectivity index (χ2n) is 8.16. The number of imide groups is 1. The molecule has 12 heteroatoms. The van der Waals surface area contributed by atoms with Gasteiger partial charge in [0, 0.05) is 37.1 Å². The van der Waals surface area contributed by atoms with Crippen LogP contribution in [-0.2, 0) is 19.6 Å². The van der Waals surface area contributed by atoms with Crippen molar-refractivity contribution in [2.24, 2.45) is 0 Å². The van der Waals surface area contributed by atoms with Crippen LogP contribution in [-0.4, -0.2) is 83.5 Å². The van der Waals surface area contributed by atoms with Crippen LogP contribution in [0.4, 0.5) is 0 Å². The van der Waals surface area contributed by atoms with Gasteiger partial charge in [0.1, 0.15) is 6.04 Å². The third kappa shape index (κ3) is 4.86. The highest BCUT2D eigenvalue weighted by Gasteiger charge is 2.43. The van der Waals surface area contributed by atoms with E-state index in [-0.39, 0.29) is 61.0 Å². The van der Waals surface area contributed by atoms with Crippen molar-refractivity contribution in [3.63, 3.8) is 0 Å². The van der Waals surface area contributed by atoms with Gasteiger partial charge in [0.2, 0.25) is 15.9 Å². The molecule has 1 saturated heterocycles. The van der Waals surface area contributed by atoms with Crippen LogP contribution in [0.25, 0.3) is 0 Å². The summed E-state index contributed by atoms with van der Waals surface area (Å²) in [6.45, 7) is 0.508. The number of nitrogens with zero attached hydrogens (tertiary/aromatic N) is 3. The van der Waals surface area contributed by atoms with Gasteiger partial charge < -0.3 is 10.0 Å². The van der Waals surface area contributed by atoms with Gasteiger partial charge >= 0.3 is 5.97 Å². The van der Waals surface area contributed by atoms with Gasteiger partial charge in [0.05, 0.1) is 16.0 Å². The van der Waals surface area contributed by atoms with Crippen LogP contribution >= 0.6 is 15.9 Å². The van der Waals surface area contributed by atoms with E-state index in [9.17, 15) is 32.7 Å². The Balaban J connectivity index is 1.36. The standard InChI is InChI=1S/C23H22BrN3O7S/c24-15-5-7-16(8-6-15)35(33,34)26-13-11-25(12-14-26)20(28)10-9-19(23(31)32)27-21(29)17-3-1-2-4-18(17)22(27)30/h1-8,19H,9-14H2,(H,31,32)/t19-/m0/s1. The molecule has 0 saturated carbocycles. The maximum absolute atomic E-state index is 12.8. The lowest BCUT2D eigenvalue weighted by Gasteiger charge is -2.34. The molecule has 0 aliphatic carbocycles. The molecule has 4 rings (SSSR count). The molecule has 35 heavy (non-hydrogen) atoms. The van der Waals surface area contributed by atoms with E-state index in [1.165, 1.54) is 33.5 Å². The summed E-state index contributed by atoms with van der Waals surface area (Å²) in [4.78, 5) is 52.3. The summed E-state index contributed by atoms with van der Waals surface area (Å²) in [6.07, 6.45) is -0.444. The number of piperazine rings is 1. The van der Waals surface area contributed by atoms with Crippen LogP contribution in [0, 0.1) is 0 Å². The van der Waals surface area contributed by atoms with Gasteiger partial charge in [-0.2, -0.15) is 4.31 Å². The number of hydrogen-bond acceptors (Lipinski definition) is 6. The topological polar surface area (TPSA) is 132 Å². The van der Waals surface area contributed by atoms with Crippen LogP contribution < -0.4 is 0 Å². The van der Waals surface area contributed by atoms with Gasteiger partial charge in [-0.05, 0) is 42.8 Å². The number of carboxylic acids is 1. The molecule has 184 valence electrons. The average Bonchev–Trinajstić information content (AvgIpc) is 3.09. The fourth-order valence-corrected chi connectivity index (χ4v) is 5.89. The molecule has 0 radical (unpaired) electrons. The number of hydrogen-bond donors (Lipinski definition) is 1. The third-order valence-electron chi connectivity index (χ3n) is 6.10. The molecule has 1 fully saturated rings. The highest BCUT2D eigenvalue weighted by molar-refractivity contribution is 9.10. The van der Waals surface area contributed by atoms with Gasteiger partial charge in [-0.15, -0.1) is 0 Å². The van der Waals surface area contributed by atoms with Gasteiger partial charge in [-0.1, -0.05) is 28.1 Å². The number of rotatable bonds is 7. The Morgan fingerprint density at radius 1 is 0.914 bits per heavy atom. The van der Waals surface area contributed by atoms with Crippen LogP contribution in [0.2, 0.25) is 0 Å². The van der Waals surface area contributed by atoms with E-state index >= 15 is 0 Å². The number of halogens is 1. The predicted molar refractivity (Wildman–Crippen MR) is 127 cm³/mol. The summed E-state index contributed by atoms with van der Waals surface area (Å²) in [7, 11) is -3.70. The fraction of sp³-hybridized carbons (Fsp3) is 0.304. The number of benzene rings is 2. The molecule has 1 N–H and O–H groups in total. The normalized spacial score (nSPS) is 17.4. The van der Waals surface area contributed by atoms with Gasteiger partial charge in [-0.3, -0.25) is 19.3 Å². The Hall–Kier alpha value is -3.09. The molecule has 1 atom stereocenters. The number of carbonyl (C=O) groups is 4. The largest absolute Gasteiger partial charge is 0.480 e. The minimum absolute atomic E-state index is 0.102. The molecular formula is C23H22BrN3O7S. The second kappa shape index (κ2) is 9.88. The molecule has 2 aromatic carbocycles. The molecule has 2 aliphatic rings. The van der Waals surface area contributed by atoms with Gasteiger partial charge in [0.25, 0.3) is 11.8 Å². The minimum atomic E-state index is -3.70. The SMILES string of the molecule is O=C(O)[C@H](CCC(=O)N1CCN(S(=O)(=O)c2ccc(Br)cc2)CC1)N1C(=O)c2ccccc2C1=O. The highest BCUT2D eigenvalue weighted by Crippen LogP contribution is 2.26. The van der Waals surface area contributed by atoms with E-state index < -0.39 is 33.8 Å². The van der Waals surface area contributed by atoms with Crippen molar-refractivity contribution < 1.29 is 32.7 Å². The van der Waals surface area contributed by atoms with E-state index in [0.717, 1.165) is 4.47 Å². The Morgan fingerprint density at radius 2 is 1.46 bits per heavy atom. The smallest absolute Gasteiger partial charge is 0.326 e. The van der Waals surface area contributed by atoms with Crippen LogP contribution in [0.1, 0.15) is 33.6 Å². The third-order valence-corrected chi connectivity index (χ3v) is 8.54. The number of carbonyl (C=O) groups excluding carboxylic acids is 3. The molecule has 10 nitrogen and oxygen atoms in total. The number of aliphatic carboxylic acids is 1. The summed E-state index contributed by atoms with van der Waals surface area (Å²) < 4.78 is 27.7. The van der Waals surface area contributed by atoms with Gasteiger partial charge in [0.15, 0.2) is 0 Å². The first-order valence-corrected chi connectivity index (χ1v) is 13.1. The van der Waals surface area contributed by atoms with Crippen LogP contribution in [0.15, 0.2) is 57.9 Å². The number of fused-ring (bicyclic) bond motifs is 1. The summed E-state index contributed by atoms with van der Waals surface area (Å²) in [5, 5.41) is 9.67. The Morgan fingerprint density at radius 3 is 1.97 bits per heavy atom. The fourth-order valence-electron chi connectivity index (χ4n) is 4.21. The molecule has 3 amide bonds. The van der Waals surface area contributed by atoms with Gasteiger partial charge in [-0.25, -0.2) is 13.2 Å². The van der Waals surface area contributed by atoms with Crippen molar-refractivity contribution in [1.29, 1.82) is 0 Å². The lowest BCUT2D eigenvalue weighted by molar-refractivity contribution is -0.142. The molecule has 0 aromatic heterocycles. The average molecular weight is 564 g/mol. The van der Waals surface area contributed by atoms with Crippen LogP contribution in [0.5, 0.6) is 0 Å². The zero-order chi connectivity index (χ0) is 25.3. The summed E-state index contributed by atoms with van der Waals surface area (Å²) >= 11 is 3.27. The highest BCUT2D eigenvalue weighted by atomic mass is 79.9. The van der Waals surface area contributed by atoms with Crippen molar-refractivity contribution in [3.8, 4) is 0 Å².